The third-order valence-electron chi connectivity index (χ3n) is 6.33. The Morgan fingerprint density at radius 2 is 1.59 bits per heavy atom. The molecule has 5 nitrogen and oxygen atoms in total. The maximum absolute atomic E-state index is 12.8. The Kier molecular flexibility index (Phi) is 5.41. The summed E-state index contributed by atoms with van der Waals surface area (Å²) in [7, 11) is 0. The number of amides is 1. The molecule has 1 heterocycles. The molecule has 0 unspecified atom stereocenters. The van der Waals surface area contributed by atoms with Crippen molar-refractivity contribution in [3.63, 3.8) is 0 Å². The number of hydrogen-bond acceptors (Lipinski definition) is 4. The molecule has 0 spiro atoms. The number of carbonyl (C=O) groups excluding carboxylic acids is 1. The number of nitrogens with one attached hydrogen (secondary N) is 1. The zero-order chi connectivity index (χ0) is 24.0. The topological polar surface area (TPSA) is 75.6 Å². The van der Waals surface area contributed by atoms with Crippen LogP contribution in [0.1, 0.15) is 53.7 Å². The SMILES string of the molecule is CC(C)(C)c1ccc2c(C(=O)O)c(NC(=O)OCC3c4ccccc4-c4ccccc43)sc2c1. The smallest absolute Gasteiger partial charge is 0.412 e. The van der Waals surface area contributed by atoms with Crippen molar-refractivity contribution in [1.29, 1.82) is 0 Å². The quantitative estimate of drug-likeness (QED) is 0.328. The van der Waals surface area contributed by atoms with Crippen LogP contribution in [0.3, 0.4) is 0 Å². The van der Waals surface area contributed by atoms with Crippen molar-refractivity contribution in [2.45, 2.75) is 32.1 Å². The van der Waals surface area contributed by atoms with Crippen LogP contribution < -0.4 is 5.32 Å². The lowest BCUT2D eigenvalue weighted by Crippen LogP contribution is -2.18. The summed E-state index contributed by atoms with van der Waals surface area (Å²) in [5, 5.41) is 13.4. The Morgan fingerprint density at radius 1 is 0.971 bits per heavy atom. The van der Waals surface area contributed by atoms with Crippen LogP contribution >= 0.6 is 11.3 Å². The second kappa shape index (κ2) is 8.29. The van der Waals surface area contributed by atoms with Crippen LogP contribution in [0.2, 0.25) is 0 Å². The molecular weight excluding hydrogens is 446 g/mol. The minimum atomic E-state index is -1.08. The van der Waals surface area contributed by atoms with Gasteiger partial charge in [-0.05, 0) is 39.3 Å². The molecule has 0 atom stereocenters. The van der Waals surface area contributed by atoms with Gasteiger partial charge >= 0.3 is 12.1 Å². The van der Waals surface area contributed by atoms with E-state index in [9.17, 15) is 14.7 Å². The lowest BCUT2D eigenvalue weighted by atomic mass is 9.87. The average molecular weight is 472 g/mol. The zero-order valence-corrected chi connectivity index (χ0v) is 20.0. The standard InChI is InChI=1S/C28H25NO4S/c1-28(2,3)16-12-13-21-23(14-16)34-25(24(21)26(30)31)29-27(32)33-15-22-19-10-6-4-8-17(19)18-9-5-7-11-20(18)22/h4-14,22H,15H2,1-3H3,(H,29,32)(H,30,31). The summed E-state index contributed by atoms with van der Waals surface area (Å²) in [5.74, 6) is -1.14. The number of aromatic carboxylic acids is 1. The van der Waals surface area contributed by atoms with Gasteiger partial charge in [0.1, 0.15) is 17.2 Å². The lowest BCUT2D eigenvalue weighted by Gasteiger charge is -2.18. The second-order valence-electron chi connectivity index (χ2n) is 9.52. The minimum absolute atomic E-state index is 0.0613. The van der Waals surface area contributed by atoms with E-state index in [1.807, 2.05) is 42.5 Å². The molecule has 1 amide bonds. The lowest BCUT2D eigenvalue weighted by molar-refractivity contribution is 0.0700. The predicted octanol–water partition coefficient (Wildman–Crippen LogP) is 7.26. The largest absolute Gasteiger partial charge is 0.478 e. The summed E-state index contributed by atoms with van der Waals surface area (Å²) in [6.45, 7) is 6.49. The first kappa shape index (κ1) is 22.2. The summed E-state index contributed by atoms with van der Waals surface area (Å²) in [5.41, 5.74) is 5.68. The Balaban J connectivity index is 1.38. The van der Waals surface area contributed by atoms with E-state index in [2.05, 4.69) is 50.4 Å². The molecule has 5 rings (SSSR count). The van der Waals surface area contributed by atoms with Gasteiger partial charge in [-0.2, -0.15) is 0 Å². The van der Waals surface area contributed by atoms with Crippen LogP contribution in [-0.4, -0.2) is 23.8 Å². The molecule has 0 fully saturated rings. The molecule has 34 heavy (non-hydrogen) atoms. The van der Waals surface area contributed by atoms with E-state index in [0.29, 0.717) is 5.39 Å². The number of benzene rings is 3. The fourth-order valence-corrected chi connectivity index (χ4v) is 5.71. The highest BCUT2D eigenvalue weighted by atomic mass is 32.1. The maximum Gasteiger partial charge on any atom is 0.412 e. The minimum Gasteiger partial charge on any atom is -0.478 e. The van der Waals surface area contributed by atoms with E-state index in [1.165, 1.54) is 11.3 Å². The highest BCUT2D eigenvalue weighted by Gasteiger charge is 2.29. The van der Waals surface area contributed by atoms with Gasteiger partial charge in [0, 0.05) is 16.0 Å². The van der Waals surface area contributed by atoms with Gasteiger partial charge in [0.05, 0.1) is 0 Å². The van der Waals surface area contributed by atoms with Gasteiger partial charge in [-0.15, -0.1) is 11.3 Å². The Labute approximate surface area is 202 Å². The molecule has 0 saturated carbocycles. The number of rotatable bonds is 4. The summed E-state index contributed by atoms with van der Waals surface area (Å²) >= 11 is 1.25. The normalized spacial score (nSPS) is 12.9. The molecule has 2 N–H and O–H groups in total. The molecule has 1 aliphatic carbocycles. The molecule has 0 saturated heterocycles. The van der Waals surface area contributed by atoms with E-state index < -0.39 is 12.1 Å². The van der Waals surface area contributed by atoms with E-state index in [1.54, 1.807) is 0 Å². The monoisotopic (exact) mass is 471 g/mol. The number of fused-ring (bicyclic) bond motifs is 4. The third kappa shape index (κ3) is 3.84. The van der Waals surface area contributed by atoms with Gasteiger partial charge in [-0.25, -0.2) is 9.59 Å². The van der Waals surface area contributed by atoms with Crippen LogP contribution in [-0.2, 0) is 10.2 Å². The number of hydrogen-bond donors (Lipinski definition) is 2. The van der Waals surface area contributed by atoms with Gasteiger partial charge < -0.3 is 9.84 Å². The van der Waals surface area contributed by atoms with E-state index >= 15 is 0 Å². The summed E-state index contributed by atoms with van der Waals surface area (Å²) in [4.78, 5) is 24.8. The Hall–Kier alpha value is -3.64. The number of carbonyl (C=O) groups is 2. The van der Waals surface area contributed by atoms with Crippen LogP contribution in [0, 0.1) is 0 Å². The number of anilines is 1. The molecule has 3 aromatic carbocycles. The average Bonchev–Trinajstić information content (AvgIpc) is 3.32. The van der Waals surface area contributed by atoms with E-state index in [4.69, 9.17) is 4.74 Å². The first-order valence-corrected chi connectivity index (χ1v) is 12.0. The van der Waals surface area contributed by atoms with Crippen molar-refractivity contribution in [2.24, 2.45) is 0 Å². The number of ether oxygens (including phenoxy) is 1. The van der Waals surface area contributed by atoms with Crippen LogP contribution in [0.5, 0.6) is 0 Å². The molecule has 4 aromatic rings. The summed E-state index contributed by atoms with van der Waals surface area (Å²) in [6.07, 6.45) is -0.660. The summed E-state index contributed by atoms with van der Waals surface area (Å²) < 4.78 is 6.43. The van der Waals surface area contributed by atoms with Crippen molar-refractivity contribution < 1.29 is 19.4 Å². The van der Waals surface area contributed by atoms with Gasteiger partial charge in [0.2, 0.25) is 0 Å². The van der Waals surface area contributed by atoms with Gasteiger partial charge in [0.25, 0.3) is 0 Å². The first-order valence-electron chi connectivity index (χ1n) is 11.2. The number of thiophene rings is 1. The number of carboxylic acids is 1. The van der Waals surface area contributed by atoms with Crippen molar-refractivity contribution in [2.75, 3.05) is 11.9 Å². The Bertz CT molecular complexity index is 1380. The fourth-order valence-electron chi connectivity index (χ4n) is 4.59. The molecule has 1 aliphatic rings. The third-order valence-corrected chi connectivity index (χ3v) is 7.40. The van der Waals surface area contributed by atoms with Crippen molar-refractivity contribution in [3.8, 4) is 11.1 Å². The molecule has 1 aromatic heterocycles. The first-order chi connectivity index (χ1) is 16.2. The van der Waals surface area contributed by atoms with E-state index in [-0.39, 0.29) is 28.5 Å². The van der Waals surface area contributed by atoms with Crippen LogP contribution in [0.15, 0.2) is 66.7 Å². The second-order valence-corrected chi connectivity index (χ2v) is 10.6. The highest BCUT2D eigenvalue weighted by molar-refractivity contribution is 7.23. The molecule has 0 bridgehead atoms. The molecule has 0 radical (unpaired) electrons. The van der Waals surface area contributed by atoms with Gasteiger partial charge in [-0.1, -0.05) is 81.4 Å². The van der Waals surface area contributed by atoms with Crippen molar-refractivity contribution in [3.05, 3.63) is 89.0 Å². The van der Waals surface area contributed by atoms with Crippen LogP contribution in [0.25, 0.3) is 21.2 Å². The van der Waals surface area contributed by atoms with E-state index in [0.717, 1.165) is 32.5 Å². The molecule has 172 valence electrons. The zero-order valence-electron chi connectivity index (χ0n) is 19.2. The summed E-state index contributed by atoms with van der Waals surface area (Å²) in [6, 6.07) is 22.0. The highest BCUT2D eigenvalue weighted by Crippen LogP contribution is 2.44. The fraction of sp³-hybridized carbons (Fsp3) is 0.214. The maximum atomic E-state index is 12.8. The van der Waals surface area contributed by atoms with Crippen molar-refractivity contribution >= 4 is 38.5 Å². The van der Waals surface area contributed by atoms with Crippen LogP contribution in [0.4, 0.5) is 9.80 Å². The Morgan fingerprint density at radius 3 is 2.18 bits per heavy atom. The molecule has 6 heteroatoms. The van der Waals surface area contributed by atoms with Gasteiger partial charge in [0.15, 0.2) is 0 Å². The van der Waals surface area contributed by atoms with Crippen molar-refractivity contribution in [1.82, 2.24) is 0 Å². The predicted molar refractivity (Wildman–Crippen MR) is 136 cm³/mol. The number of carboxylic acid groups (broad SMARTS) is 1. The molecule has 0 aliphatic heterocycles. The van der Waals surface area contributed by atoms with Gasteiger partial charge in [-0.3, -0.25) is 5.32 Å². The molecular formula is C28H25NO4S.